The molecule has 7 rings (SSSR count). The SMILES string of the molecule is CCc1ncc(C2Oc3cc(-c4cnc(C5CCCN5C(=O)C(NC(=O)OC)C(C)C)[nH]4)cc(F)c3-c3cc4cc(Cl)ccc4n32)s1. The highest BCUT2D eigenvalue weighted by Gasteiger charge is 2.38. The molecule has 3 unspecified atom stereocenters. The number of hydrogen-bond donors (Lipinski definition) is 2. The molecule has 0 radical (unpaired) electrons. The first-order valence-electron chi connectivity index (χ1n) is 15.6. The number of alkyl carbamates (subject to hydrolysis) is 1. The number of likely N-dealkylation sites (tertiary alicyclic amines) is 1. The number of amides is 2. The van der Waals surface area contributed by atoms with Gasteiger partial charge in [0.25, 0.3) is 0 Å². The number of benzene rings is 2. The summed E-state index contributed by atoms with van der Waals surface area (Å²) < 4.78 is 29.6. The number of carbonyl (C=O) groups is 2. The fraction of sp³-hybridized carbons (Fsp3) is 0.353. The molecule has 0 spiro atoms. The number of aryl methyl sites for hydroxylation is 1. The lowest BCUT2D eigenvalue weighted by molar-refractivity contribution is -0.135. The van der Waals surface area contributed by atoms with Gasteiger partial charge in [0.1, 0.15) is 23.4 Å². The fourth-order valence-corrected chi connectivity index (χ4v) is 7.60. The monoisotopic (exact) mass is 676 g/mol. The smallest absolute Gasteiger partial charge is 0.407 e. The predicted molar refractivity (Wildman–Crippen MR) is 178 cm³/mol. The van der Waals surface area contributed by atoms with Crippen molar-refractivity contribution < 1.29 is 23.5 Å². The minimum absolute atomic E-state index is 0.147. The molecule has 0 bridgehead atoms. The number of H-pyrrole nitrogens is 1. The van der Waals surface area contributed by atoms with Crippen molar-refractivity contribution >= 4 is 45.8 Å². The molecule has 10 nitrogen and oxygen atoms in total. The van der Waals surface area contributed by atoms with Crippen LogP contribution >= 0.6 is 22.9 Å². The Morgan fingerprint density at radius 1 is 1.21 bits per heavy atom. The molecule has 0 aliphatic carbocycles. The van der Waals surface area contributed by atoms with Gasteiger partial charge in [0.15, 0.2) is 0 Å². The molecule has 2 aliphatic heterocycles. The average molecular weight is 677 g/mol. The quantitative estimate of drug-likeness (QED) is 0.185. The van der Waals surface area contributed by atoms with Gasteiger partial charge in [-0.25, -0.2) is 19.2 Å². The van der Waals surface area contributed by atoms with Gasteiger partial charge >= 0.3 is 6.09 Å². The molecule has 1 fully saturated rings. The molecule has 5 aromatic rings. The zero-order chi connectivity index (χ0) is 33.0. The van der Waals surface area contributed by atoms with Gasteiger partial charge in [0.2, 0.25) is 12.1 Å². The number of halogens is 2. The third-order valence-electron chi connectivity index (χ3n) is 8.85. The van der Waals surface area contributed by atoms with E-state index in [1.54, 1.807) is 22.4 Å². The van der Waals surface area contributed by atoms with Gasteiger partial charge in [-0.1, -0.05) is 32.4 Å². The summed E-state index contributed by atoms with van der Waals surface area (Å²) in [5, 5.41) is 5.13. The fourth-order valence-electron chi connectivity index (χ4n) is 6.54. The highest BCUT2D eigenvalue weighted by molar-refractivity contribution is 7.11. The summed E-state index contributed by atoms with van der Waals surface area (Å²) in [6.07, 6.45) is 4.56. The maximum atomic E-state index is 16.2. The molecule has 13 heteroatoms. The van der Waals surface area contributed by atoms with E-state index in [0.717, 1.165) is 33.6 Å². The Morgan fingerprint density at radius 2 is 2.04 bits per heavy atom. The minimum Gasteiger partial charge on any atom is -0.464 e. The summed E-state index contributed by atoms with van der Waals surface area (Å²) in [6, 6.07) is 9.80. The number of aromatic amines is 1. The number of hydrogen-bond acceptors (Lipinski definition) is 7. The molecule has 3 aromatic heterocycles. The summed E-state index contributed by atoms with van der Waals surface area (Å²) in [6.45, 7) is 6.34. The second kappa shape index (κ2) is 12.3. The molecular formula is C34H34ClFN6O4S. The predicted octanol–water partition coefficient (Wildman–Crippen LogP) is 7.49. The Labute approximate surface area is 279 Å². The maximum absolute atomic E-state index is 16.2. The van der Waals surface area contributed by atoms with Crippen molar-refractivity contribution in [3.8, 4) is 28.3 Å². The summed E-state index contributed by atoms with van der Waals surface area (Å²) in [7, 11) is 1.27. The van der Waals surface area contributed by atoms with Crippen molar-refractivity contribution in [3.05, 3.63) is 75.3 Å². The van der Waals surface area contributed by atoms with Gasteiger partial charge in [0, 0.05) is 28.7 Å². The van der Waals surface area contributed by atoms with Crippen LogP contribution in [0.5, 0.6) is 5.75 Å². The Hall–Kier alpha value is -4.42. The highest BCUT2D eigenvalue weighted by Crippen LogP contribution is 2.48. The minimum atomic E-state index is -0.740. The number of methoxy groups -OCH3 is 1. The molecule has 2 N–H and O–H groups in total. The topological polar surface area (TPSA) is 114 Å². The number of nitrogens with zero attached hydrogens (tertiary/aromatic N) is 4. The van der Waals surface area contributed by atoms with Crippen LogP contribution < -0.4 is 10.1 Å². The number of aromatic nitrogens is 4. The van der Waals surface area contributed by atoms with E-state index in [1.165, 1.54) is 13.2 Å². The van der Waals surface area contributed by atoms with Crippen LogP contribution in [0.4, 0.5) is 9.18 Å². The van der Waals surface area contributed by atoms with Gasteiger partial charge in [0.05, 0.1) is 51.7 Å². The molecular weight excluding hydrogens is 643 g/mol. The number of thiazole rings is 1. The molecule has 2 amide bonds. The average Bonchev–Trinajstić information content (AvgIpc) is 3.87. The summed E-state index contributed by atoms with van der Waals surface area (Å²) in [5.74, 6) is 0.215. The summed E-state index contributed by atoms with van der Waals surface area (Å²) in [5.41, 5.74) is 3.09. The Morgan fingerprint density at radius 3 is 2.79 bits per heavy atom. The molecule has 1 saturated heterocycles. The van der Waals surface area contributed by atoms with E-state index in [0.29, 0.717) is 52.1 Å². The lowest BCUT2D eigenvalue weighted by atomic mass is 10.0. The zero-order valence-corrected chi connectivity index (χ0v) is 27.9. The summed E-state index contributed by atoms with van der Waals surface area (Å²) in [4.78, 5) is 40.7. The van der Waals surface area contributed by atoms with Crippen LogP contribution in [0.2, 0.25) is 5.02 Å². The van der Waals surface area contributed by atoms with Crippen LogP contribution in [-0.4, -0.2) is 56.1 Å². The van der Waals surface area contributed by atoms with Crippen molar-refractivity contribution in [3.63, 3.8) is 0 Å². The first-order valence-corrected chi connectivity index (χ1v) is 16.8. The van der Waals surface area contributed by atoms with Crippen molar-refractivity contribution in [2.24, 2.45) is 5.92 Å². The molecule has 3 atom stereocenters. The van der Waals surface area contributed by atoms with Crippen molar-refractivity contribution in [2.45, 2.75) is 58.3 Å². The normalized spacial score (nSPS) is 17.8. The zero-order valence-electron chi connectivity index (χ0n) is 26.3. The Kier molecular flexibility index (Phi) is 8.17. The van der Waals surface area contributed by atoms with Crippen LogP contribution in [0.25, 0.3) is 33.4 Å². The number of nitrogens with one attached hydrogen (secondary N) is 2. The van der Waals surface area contributed by atoms with Crippen LogP contribution in [0, 0.1) is 11.7 Å². The van der Waals surface area contributed by atoms with E-state index in [2.05, 4.69) is 27.2 Å². The molecule has 47 heavy (non-hydrogen) atoms. The first-order chi connectivity index (χ1) is 22.7. The van der Waals surface area contributed by atoms with Crippen LogP contribution in [0.3, 0.4) is 0 Å². The second-order valence-corrected chi connectivity index (χ2v) is 13.7. The lowest BCUT2D eigenvalue weighted by Gasteiger charge is -2.30. The van der Waals surface area contributed by atoms with Crippen molar-refractivity contribution in [1.82, 2.24) is 29.7 Å². The highest BCUT2D eigenvalue weighted by atomic mass is 35.5. The molecule has 2 aliphatic rings. The number of imidazole rings is 1. The number of ether oxygens (including phenoxy) is 2. The van der Waals surface area contributed by atoms with E-state index in [1.807, 2.05) is 54.9 Å². The van der Waals surface area contributed by atoms with E-state index >= 15 is 4.39 Å². The van der Waals surface area contributed by atoms with Gasteiger partial charge in [-0.2, -0.15) is 0 Å². The maximum Gasteiger partial charge on any atom is 0.407 e. The summed E-state index contributed by atoms with van der Waals surface area (Å²) >= 11 is 7.90. The third-order valence-corrected chi connectivity index (χ3v) is 10.3. The van der Waals surface area contributed by atoms with E-state index < -0.39 is 24.2 Å². The van der Waals surface area contributed by atoms with Gasteiger partial charge < -0.3 is 24.7 Å². The van der Waals surface area contributed by atoms with Crippen LogP contribution in [-0.2, 0) is 16.0 Å². The number of carbonyl (C=O) groups excluding carboxylic acids is 2. The molecule has 2 aromatic carbocycles. The van der Waals surface area contributed by atoms with Gasteiger partial charge in [-0.3, -0.25) is 9.36 Å². The standard InChI is InChI=1S/C34H34ClFN6O4S/c1-5-28-37-16-27(47-28)33-42-23-9-8-20(35)11-19(23)13-25(42)29-21(36)12-18(14-26(29)46-33)22-15-38-31(39-22)24-7-6-10-41(24)32(43)30(17(2)3)40-34(44)45-4/h8-9,11-17,24,30,33H,5-7,10H2,1-4H3,(H,38,39)(H,40,44). The molecule has 244 valence electrons. The largest absolute Gasteiger partial charge is 0.464 e. The lowest BCUT2D eigenvalue weighted by Crippen LogP contribution is -2.51. The van der Waals surface area contributed by atoms with Crippen molar-refractivity contribution in [2.75, 3.05) is 13.7 Å². The molecule has 5 heterocycles. The number of rotatable bonds is 7. The second-order valence-electron chi connectivity index (χ2n) is 12.1. The van der Waals surface area contributed by atoms with Gasteiger partial charge in [-0.05, 0) is 61.6 Å². The van der Waals surface area contributed by atoms with Gasteiger partial charge in [-0.15, -0.1) is 11.3 Å². The van der Waals surface area contributed by atoms with E-state index in [4.69, 9.17) is 21.1 Å². The third kappa shape index (κ3) is 5.53. The van der Waals surface area contributed by atoms with Crippen molar-refractivity contribution in [1.29, 1.82) is 0 Å². The molecule has 0 saturated carbocycles. The van der Waals surface area contributed by atoms with Crippen LogP contribution in [0.1, 0.15) is 61.6 Å². The Bertz CT molecular complexity index is 2000. The Balaban J connectivity index is 1.24. The van der Waals surface area contributed by atoms with E-state index in [9.17, 15) is 9.59 Å². The van der Waals surface area contributed by atoms with Crippen LogP contribution in [0.15, 0.2) is 48.8 Å². The van der Waals surface area contributed by atoms with E-state index in [-0.39, 0.29) is 17.9 Å². The number of fused-ring (bicyclic) bond motifs is 5. The first kappa shape index (κ1) is 31.2.